The monoisotopic (exact) mass is 444 g/mol. The molecular formula is C22H28N4O2S2. The van der Waals surface area contributed by atoms with Gasteiger partial charge in [-0.25, -0.2) is 4.98 Å². The fourth-order valence-electron chi connectivity index (χ4n) is 3.17. The number of hydrogen-bond donors (Lipinski definition) is 1. The zero-order chi connectivity index (χ0) is 21.8. The molecule has 1 aliphatic heterocycles. The minimum Gasteiger partial charge on any atom is -0.369 e. The first kappa shape index (κ1) is 22.5. The van der Waals surface area contributed by atoms with Crippen LogP contribution in [0, 0.1) is 12.8 Å². The molecule has 0 unspecified atom stereocenters. The first-order chi connectivity index (χ1) is 14.3. The Morgan fingerprint density at radius 3 is 2.73 bits per heavy atom. The largest absolute Gasteiger partial charge is 0.369 e. The van der Waals surface area contributed by atoms with Crippen molar-refractivity contribution in [1.29, 1.82) is 0 Å². The lowest BCUT2D eigenvalue weighted by Crippen LogP contribution is -2.29. The summed E-state index contributed by atoms with van der Waals surface area (Å²) in [5.41, 5.74) is 1.71. The van der Waals surface area contributed by atoms with Gasteiger partial charge in [-0.3, -0.25) is 18.9 Å². The van der Waals surface area contributed by atoms with Crippen molar-refractivity contribution in [1.82, 2.24) is 14.3 Å². The molecule has 0 bridgehead atoms. The Kier molecular flexibility index (Phi) is 7.31. The molecule has 1 fully saturated rings. The van der Waals surface area contributed by atoms with Gasteiger partial charge in [0.25, 0.3) is 11.5 Å². The highest BCUT2D eigenvalue weighted by atomic mass is 32.2. The van der Waals surface area contributed by atoms with Gasteiger partial charge in [-0.1, -0.05) is 63.7 Å². The van der Waals surface area contributed by atoms with Gasteiger partial charge in [-0.2, -0.15) is 0 Å². The van der Waals surface area contributed by atoms with E-state index < -0.39 is 0 Å². The van der Waals surface area contributed by atoms with E-state index in [1.807, 2.05) is 19.1 Å². The highest BCUT2D eigenvalue weighted by Crippen LogP contribution is 2.33. The van der Waals surface area contributed by atoms with E-state index in [0.717, 1.165) is 24.8 Å². The van der Waals surface area contributed by atoms with Crippen LogP contribution in [0.3, 0.4) is 0 Å². The number of anilines is 1. The molecule has 0 saturated carbocycles. The van der Waals surface area contributed by atoms with Crippen molar-refractivity contribution in [2.75, 3.05) is 18.4 Å². The SMILES string of the molecule is CCCCCN1C(=O)C(=Cc2c(NCC(C)C)nc3ccc(C)cn3c2=O)SC1=S. The maximum Gasteiger partial charge on any atom is 0.267 e. The standard InChI is InChI=1S/C22H28N4O2S2/c1-5-6-7-10-25-21(28)17(30-22(25)29)11-16-19(23-12-14(2)3)24-18-9-8-15(4)13-26(18)20(16)27/h8-9,11,13-14,23H,5-7,10,12H2,1-4H3. The van der Waals surface area contributed by atoms with Crippen molar-refractivity contribution >= 4 is 51.7 Å². The molecule has 2 aromatic rings. The molecule has 2 aromatic heterocycles. The van der Waals surface area contributed by atoms with Crippen LogP contribution < -0.4 is 10.9 Å². The van der Waals surface area contributed by atoms with Crippen molar-refractivity contribution in [3.8, 4) is 0 Å². The Hall–Kier alpha value is -2.19. The van der Waals surface area contributed by atoms with Gasteiger partial charge in [0.05, 0.1) is 10.5 Å². The van der Waals surface area contributed by atoms with Crippen LogP contribution in [0.4, 0.5) is 5.82 Å². The normalized spacial score (nSPS) is 15.8. The third-order valence-corrected chi connectivity index (χ3v) is 6.20. The number of nitrogens with one attached hydrogen (secondary N) is 1. The summed E-state index contributed by atoms with van der Waals surface area (Å²) < 4.78 is 2.08. The summed E-state index contributed by atoms with van der Waals surface area (Å²) in [4.78, 5) is 33.0. The van der Waals surface area contributed by atoms with Gasteiger partial charge in [0.15, 0.2) is 0 Å². The molecule has 3 rings (SSSR count). The van der Waals surface area contributed by atoms with Crippen LogP contribution in [0.25, 0.3) is 11.7 Å². The van der Waals surface area contributed by atoms with Crippen LogP contribution >= 0.6 is 24.0 Å². The Morgan fingerprint density at radius 1 is 1.27 bits per heavy atom. The quantitative estimate of drug-likeness (QED) is 0.368. The Morgan fingerprint density at radius 2 is 2.03 bits per heavy atom. The number of unbranched alkanes of at least 4 members (excludes halogenated alkanes) is 2. The predicted octanol–water partition coefficient (Wildman–Crippen LogP) is 4.46. The number of carbonyl (C=O) groups excluding carboxylic acids is 1. The molecule has 1 N–H and O–H groups in total. The lowest BCUT2D eigenvalue weighted by molar-refractivity contribution is -0.122. The topological polar surface area (TPSA) is 66.7 Å². The number of thiocarbonyl (C=S) groups is 1. The van der Waals surface area contributed by atoms with E-state index in [-0.39, 0.29) is 11.5 Å². The van der Waals surface area contributed by atoms with E-state index in [1.165, 1.54) is 16.2 Å². The van der Waals surface area contributed by atoms with Gasteiger partial charge in [0.2, 0.25) is 0 Å². The van der Waals surface area contributed by atoms with Gasteiger partial charge < -0.3 is 5.32 Å². The highest BCUT2D eigenvalue weighted by molar-refractivity contribution is 8.26. The maximum absolute atomic E-state index is 13.3. The number of aryl methyl sites for hydroxylation is 1. The number of thioether (sulfide) groups is 1. The van der Waals surface area contributed by atoms with Crippen LogP contribution in [-0.2, 0) is 4.79 Å². The van der Waals surface area contributed by atoms with Crippen molar-refractivity contribution in [3.63, 3.8) is 0 Å². The van der Waals surface area contributed by atoms with Gasteiger partial charge in [0.1, 0.15) is 15.8 Å². The molecule has 8 heteroatoms. The van der Waals surface area contributed by atoms with E-state index in [4.69, 9.17) is 12.2 Å². The average molecular weight is 445 g/mol. The van der Waals surface area contributed by atoms with Crippen molar-refractivity contribution in [3.05, 3.63) is 44.7 Å². The zero-order valence-corrected chi connectivity index (χ0v) is 19.5. The van der Waals surface area contributed by atoms with Crippen molar-refractivity contribution < 1.29 is 4.79 Å². The van der Waals surface area contributed by atoms with E-state index in [0.29, 0.717) is 45.3 Å². The molecule has 0 spiro atoms. The molecule has 0 aromatic carbocycles. The van der Waals surface area contributed by atoms with E-state index >= 15 is 0 Å². The van der Waals surface area contributed by atoms with Crippen LogP contribution in [-0.4, -0.2) is 37.6 Å². The number of nitrogens with zero attached hydrogens (tertiary/aromatic N) is 3. The number of carbonyl (C=O) groups is 1. The minimum atomic E-state index is -0.203. The Bertz CT molecular complexity index is 1060. The lowest BCUT2D eigenvalue weighted by atomic mass is 10.2. The summed E-state index contributed by atoms with van der Waals surface area (Å²) in [7, 11) is 0. The first-order valence-electron chi connectivity index (χ1n) is 10.3. The predicted molar refractivity (Wildman–Crippen MR) is 129 cm³/mol. The molecule has 30 heavy (non-hydrogen) atoms. The second kappa shape index (κ2) is 9.75. The van der Waals surface area contributed by atoms with Crippen LogP contribution in [0.15, 0.2) is 28.0 Å². The smallest absolute Gasteiger partial charge is 0.267 e. The molecule has 3 heterocycles. The van der Waals surface area contributed by atoms with Gasteiger partial charge >= 0.3 is 0 Å². The van der Waals surface area contributed by atoms with Crippen LogP contribution in [0.2, 0.25) is 0 Å². The van der Waals surface area contributed by atoms with E-state index in [9.17, 15) is 9.59 Å². The molecular weight excluding hydrogens is 416 g/mol. The number of fused-ring (bicyclic) bond motifs is 1. The third-order valence-electron chi connectivity index (χ3n) is 4.82. The lowest BCUT2D eigenvalue weighted by Gasteiger charge is -2.14. The summed E-state index contributed by atoms with van der Waals surface area (Å²) in [6, 6.07) is 3.75. The molecule has 1 amide bonds. The molecule has 1 saturated heterocycles. The highest BCUT2D eigenvalue weighted by Gasteiger charge is 2.32. The molecule has 160 valence electrons. The van der Waals surface area contributed by atoms with Crippen molar-refractivity contribution in [2.24, 2.45) is 5.92 Å². The van der Waals surface area contributed by atoms with E-state index in [2.05, 4.69) is 31.1 Å². The summed E-state index contributed by atoms with van der Waals surface area (Å²) >= 11 is 6.67. The summed E-state index contributed by atoms with van der Waals surface area (Å²) in [6.07, 6.45) is 6.45. The second-order valence-electron chi connectivity index (χ2n) is 7.93. The fourth-order valence-corrected chi connectivity index (χ4v) is 4.46. The molecule has 0 aliphatic carbocycles. The van der Waals surface area contributed by atoms with Gasteiger partial charge in [-0.15, -0.1) is 0 Å². The van der Waals surface area contributed by atoms with Crippen LogP contribution in [0.1, 0.15) is 51.2 Å². The Labute approximate surface area is 186 Å². The first-order valence-corrected chi connectivity index (χ1v) is 11.6. The average Bonchev–Trinajstić information content (AvgIpc) is 2.96. The van der Waals surface area contributed by atoms with Gasteiger partial charge in [0, 0.05) is 19.3 Å². The third kappa shape index (κ3) is 4.92. The molecule has 0 atom stereocenters. The second-order valence-corrected chi connectivity index (χ2v) is 9.60. The number of amides is 1. The number of hydrogen-bond acceptors (Lipinski definition) is 6. The van der Waals surface area contributed by atoms with E-state index in [1.54, 1.807) is 17.2 Å². The number of rotatable bonds is 8. The summed E-state index contributed by atoms with van der Waals surface area (Å²) in [5, 5.41) is 3.28. The number of pyridine rings is 1. The minimum absolute atomic E-state index is 0.135. The molecule has 0 radical (unpaired) electrons. The Balaban J connectivity index is 2.04. The summed E-state index contributed by atoms with van der Waals surface area (Å²) in [6.45, 7) is 9.52. The summed E-state index contributed by atoms with van der Waals surface area (Å²) in [5.74, 6) is 0.742. The van der Waals surface area contributed by atoms with Gasteiger partial charge in [-0.05, 0) is 37.0 Å². The van der Waals surface area contributed by atoms with Crippen molar-refractivity contribution in [2.45, 2.75) is 47.0 Å². The molecule has 1 aliphatic rings. The fraction of sp³-hybridized carbons (Fsp3) is 0.455. The maximum atomic E-state index is 13.3. The molecule has 6 nitrogen and oxygen atoms in total. The zero-order valence-electron chi connectivity index (χ0n) is 17.9. The number of aromatic nitrogens is 2. The van der Waals surface area contributed by atoms with Crippen LogP contribution in [0.5, 0.6) is 0 Å².